The van der Waals surface area contributed by atoms with E-state index in [2.05, 4.69) is 0 Å². The highest BCUT2D eigenvalue weighted by Crippen LogP contribution is 2.23. The fourth-order valence-electron chi connectivity index (χ4n) is 1.48. The van der Waals surface area contributed by atoms with Crippen molar-refractivity contribution in [3.05, 3.63) is 24.3 Å². The van der Waals surface area contributed by atoms with Gasteiger partial charge in [-0.1, -0.05) is 12.1 Å². The first kappa shape index (κ1) is 15.0. The average molecular weight is 266 g/mol. The van der Waals surface area contributed by atoms with Gasteiger partial charge < -0.3 is 10.5 Å². The number of rotatable bonds is 6. The monoisotopic (exact) mass is 266 g/mol. The summed E-state index contributed by atoms with van der Waals surface area (Å²) < 4.78 is 4.73. The molecule has 0 aliphatic rings. The van der Waals surface area contributed by atoms with Crippen LogP contribution in [0.4, 0.5) is 11.4 Å². The fourth-order valence-corrected chi connectivity index (χ4v) is 1.48. The highest BCUT2D eigenvalue weighted by molar-refractivity contribution is 6.03. The number of carbonyl (C=O) groups excluding carboxylic acids is 2. The standard InChI is InChI=1S/C13H18N2O4/c1-3-18-13(17)9-12(16)15(19-4-2)11-8-6-5-7-10(11)14/h5-8H,3-4,9,14H2,1-2H3. The molecule has 0 saturated heterocycles. The van der Waals surface area contributed by atoms with E-state index in [1.54, 1.807) is 38.1 Å². The number of hydrogen-bond donors (Lipinski definition) is 1. The molecule has 1 aromatic rings. The molecule has 1 rings (SSSR count). The van der Waals surface area contributed by atoms with E-state index in [0.29, 0.717) is 11.4 Å². The SMILES string of the molecule is CCOC(=O)CC(=O)N(OCC)c1ccccc1N. The van der Waals surface area contributed by atoms with E-state index >= 15 is 0 Å². The summed E-state index contributed by atoms with van der Waals surface area (Å²) in [5.41, 5.74) is 6.60. The Hall–Kier alpha value is -2.08. The molecule has 1 amide bonds. The molecule has 0 saturated carbocycles. The number of nitrogens with zero attached hydrogens (tertiary/aromatic N) is 1. The Bertz CT molecular complexity index is 448. The molecule has 0 spiro atoms. The van der Waals surface area contributed by atoms with Gasteiger partial charge in [-0.2, -0.15) is 5.06 Å². The molecule has 0 atom stereocenters. The van der Waals surface area contributed by atoms with Gasteiger partial charge >= 0.3 is 5.97 Å². The van der Waals surface area contributed by atoms with Crippen molar-refractivity contribution in [3.8, 4) is 0 Å². The average Bonchev–Trinajstić information content (AvgIpc) is 2.37. The number of nitrogen functional groups attached to an aromatic ring is 1. The first-order valence-electron chi connectivity index (χ1n) is 6.06. The van der Waals surface area contributed by atoms with E-state index in [1.165, 1.54) is 0 Å². The van der Waals surface area contributed by atoms with Crippen LogP contribution in [0.5, 0.6) is 0 Å². The number of carbonyl (C=O) groups is 2. The summed E-state index contributed by atoms with van der Waals surface area (Å²) in [6.07, 6.45) is -0.387. The Labute approximate surface area is 112 Å². The Balaban J connectivity index is 2.86. The molecule has 104 valence electrons. The van der Waals surface area contributed by atoms with Crippen molar-refractivity contribution in [1.82, 2.24) is 0 Å². The minimum absolute atomic E-state index is 0.230. The van der Waals surface area contributed by atoms with E-state index in [-0.39, 0.29) is 19.6 Å². The summed E-state index contributed by atoms with van der Waals surface area (Å²) in [6, 6.07) is 6.78. The van der Waals surface area contributed by atoms with Crippen LogP contribution in [0.25, 0.3) is 0 Å². The first-order valence-corrected chi connectivity index (χ1v) is 6.06. The zero-order chi connectivity index (χ0) is 14.3. The van der Waals surface area contributed by atoms with Crippen molar-refractivity contribution in [1.29, 1.82) is 0 Å². The van der Waals surface area contributed by atoms with E-state index in [1.807, 2.05) is 0 Å². The van der Waals surface area contributed by atoms with Crippen LogP contribution >= 0.6 is 0 Å². The largest absolute Gasteiger partial charge is 0.466 e. The minimum Gasteiger partial charge on any atom is -0.466 e. The number of hydrogen-bond acceptors (Lipinski definition) is 5. The third-order valence-electron chi connectivity index (χ3n) is 2.24. The number of anilines is 2. The molecule has 0 fully saturated rings. The summed E-state index contributed by atoms with van der Waals surface area (Å²) in [5, 5.41) is 1.03. The van der Waals surface area contributed by atoms with Crippen LogP contribution in [-0.2, 0) is 19.2 Å². The maximum atomic E-state index is 12.0. The summed E-state index contributed by atoms with van der Waals surface area (Å²) in [6.45, 7) is 3.93. The molecule has 2 N–H and O–H groups in total. The van der Waals surface area contributed by atoms with Gasteiger partial charge in [0.1, 0.15) is 6.42 Å². The molecule has 6 heteroatoms. The van der Waals surface area contributed by atoms with Crippen LogP contribution in [0, 0.1) is 0 Å². The van der Waals surface area contributed by atoms with Crippen molar-refractivity contribution in [2.45, 2.75) is 20.3 Å². The summed E-state index contributed by atoms with van der Waals surface area (Å²) >= 11 is 0. The zero-order valence-corrected chi connectivity index (χ0v) is 11.1. The fraction of sp³-hybridized carbons (Fsp3) is 0.385. The molecule has 0 radical (unpaired) electrons. The van der Waals surface area contributed by atoms with Crippen molar-refractivity contribution in [2.24, 2.45) is 0 Å². The number of nitrogens with two attached hydrogens (primary N) is 1. The van der Waals surface area contributed by atoms with Crippen molar-refractivity contribution >= 4 is 23.3 Å². The van der Waals surface area contributed by atoms with Crippen LogP contribution in [0.3, 0.4) is 0 Å². The lowest BCUT2D eigenvalue weighted by molar-refractivity contribution is -0.147. The van der Waals surface area contributed by atoms with Gasteiger partial charge in [-0.05, 0) is 26.0 Å². The van der Waals surface area contributed by atoms with E-state index in [9.17, 15) is 9.59 Å². The molecule has 0 aliphatic carbocycles. The van der Waals surface area contributed by atoms with Gasteiger partial charge in [0.15, 0.2) is 0 Å². The van der Waals surface area contributed by atoms with Crippen LogP contribution in [0.15, 0.2) is 24.3 Å². The van der Waals surface area contributed by atoms with E-state index < -0.39 is 11.9 Å². The lowest BCUT2D eigenvalue weighted by Crippen LogP contribution is -2.33. The normalized spacial score (nSPS) is 10.0. The lowest BCUT2D eigenvalue weighted by Gasteiger charge is -2.22. The second-order valence-corrected chi connectivity index (χ2v) is 3.65. The van der Waals surface area contributed by atoms with Crippen LogP contribution < -0.4 is 10.8 Å². The molecule has 0 unspecified atom stereocenters. The molecule has 0 aliphatic heterocycles. The van der Waals surface area contributed by atoms with E-state index in [4.69, 9.17) is 15.3 Å². The number of hydroxylamine groups is 1. The first-order chi connectivity index (χ1) is 9.10. The maximum Gasteiger partial charge on any atom is 0.315 e. The smallest absolute Gasteiger partial charge is 0.315 e. The quantitative estimate of drug-likeness (QED) is 0.365. The molecule has 1 aromatic carbocycles. The summed E-state index contributed by atoms with van der Waals surface area (Å²) in [5.74, 6) is -1.11. The molecular weight excluding hydrogens is 248 g/mol. The van der Waals surface area contributed by atoms with Crippen molar-refractivity contribution in [2.75, 3.05) is 24.0 Å². The number of esters is 1. The highest BCUT2D eigenvalue weighted by Gasteiger charge is 2.21. The highest BCUT2D eigenvalue weighted by atomic mass is 16.7. The molecule has 0 aromatic heterocycles. The van der Waals surface area contributed by atoms with Gasteiger partial charge in [0, 0.05) is 0 Å². The maximum absolute atomic E-state index is 12.0. The third-order valence-corrected chi connectivity index (χ3v) is 2.24. The van der Waals surface area contributed by atoms with Crippen molar-refractivity contribution < 1.29 is 19.2 Å². The van der Waals surface area contributed by atoms with Crippen LogP contribution in [0.2, 0.25) is 0 Å². The lowest BCUT2D eigenvalue weighted by atomic mass is 10.2. The van der Waals surface area contributed by atoms with Gasteiger partial charge in [0.25, 0.3) is 5.91 Å². The summed E-state index contributed by atoms with van der Waals surface area (Å²) in [7, 11) is 0. The minimum atomic E-state index is -0.591. The van der Waals surface area contributed by atoms with E-state index in [0.717, 1.165) is 5.06 Å². The van der Waals surface area contributed by atoms with Crippen LogP contribution in [-0.4, -0.2) is 25.1 Å². The van der Waals surface area contributed by atoms with Gasteiger partial charge in [0.2, 0.25) is 0 Å². The number of para-hydroxylation sites is 2. The number of benzene rings is 1. The molecule has 0 bridgehead atoms. The Morgan fingerprint density at radius 3 is 2.47 bits per heavy atom. The van der Waals surface area contributed by atoms with Crippen LogP contribution in [0.1, 0.15) is 20.3 Å². The summed E-state index contributed by atoms with van der Waals surface area (Å²) in [4.78, 5) is 28.6. The molecule has 19 heavy (non-hydrogen) atoms. The zero-order valence-electron chi connectivity index (χ0n) is 11.1. The molecular formula is C13H18N2O4. The second kappa shape index (κ2) is 7.38. The number of ether oxygens (including phenoxy) is 1. The van der Waals surface area contributed by atoms with Gasteiger partial charge in [-0.15, -0.1) is 0 Å². The van der Waals surface area contributed by atoms with Gasteiger partial charge in [0.05, 0.1) is 24.6 Å². The van der Waals surface area contributed by atoms with Gasteiger partial charge in [-0.3, -0.25) is 14.4 Å². The topological polar surface area (TPSA) is 81.9 Å². The third kappa shape index (κ3) is 4.26. The Morgan fingerprint density at radius 1 is 1.21 bits per heavy atom. The predicted octanol–water partition coefficient (Wildman–Crippen LogP) is 1.51. The second-order valence-electron chi connectivity index (χ2n) is 3.65. The molecule has 6 nitrogen and oxygen atoms in total. The Kier molecular flexibility index (Phi) is 5.81. The Morgan fingerprint density at radius 2 is 1.89 bits per heavy atom. The molecule has 0 heterocycles. The number of amides is 1. The van der Waals surface area contributed by atoms with Gasteiger partial charge in [-0.25, -0.2) is 0 Å². The predicted molar refractivity (Wildman–Crippen MR) is 71.2 cm³/mol. The van der Waals surface area contributed by atoms with Crippen molar-refractivity contribution in [3.63, 3.8) is 0 Å².